The summed E-state index contributed by atoms with van der Waals surface area (Å²) in [5.74, 6) is 2.28. The van der Waals surface area contributed by atoms with Gasteiger partial charge in [0.25, 0.3) is 0 Å². The number of thioether (sulfide) groups is 1. The molecule has 1 atom stereocenters. The van der Waals surface area contributed by atoms with Crippen molar-refractivity contribution in [3.8, 4) is 0 Å². The Bertz CT molecular complexity index is 188. The number of amides is 1. The predicted octanol–water partition coefficient (Wildman–Crippen LogP) is 2.39. The molecule has 1 rings (SSSR count). The quantitative estimate of drug-likeness (QED) is 0.717. The average Bonchev–Trinajstić information content (AvgIpc) is 2.65. The second kappa shape index (κ2) is 5.64. The van der Waals surface area contributed by atoms with E-state index in [4.69, 9.17) is 0 Å². The minimum absolute atomic E-state index is 0.130. The molecule has 2 nitrogen and oxygen atoms in total. The van der Waals surface area contributed by atoms with Gasteiger partial charge in [0.15, 0.2) is 0 Å². The lowest BCUT2D eigenvalue weighted by Crippen LogP contribution is -2.30. The second-order valence-electron chi connectivity index (χ2n) is 4.36. The number of carbonyl (C=O) groups is 1. The van der Waals surface area contributed by atoms with E-state index < -0.39 is 0 Å². The average molecular weight is 215 g/mol. The van der Waals surface area contributed by atoms with Crippen molar-refractivity contribution >= 4 is 17.7 Å². The summed E-state index contributed by atoms with van der Waals surface area (Å²) in [4.78, 5) is 13.2. The summed E-state index contributed by atoms with van der Waals surface area (Å²) in [6, 6.07) is 0. The number of carbonyl (C=O) groups excluding carboxylic acids is 1. The standard InChI is InChI=1S/C11H21NOS/c1-9(11(13)12(2)3)14-8-10-6-4-5-7-10/h9-10H,4-8H2,1-3H3. The topological polar surface area (TPSA) is 20.3 Å². The van der Waals surface area contributed by atoms with E-state index in [-0.39, 0.29) is 11.2 Å². The van der Waals surface area contributed by atoms with Crippen LogP contribution in [0, 0.1) is 5.92 Å². The van der Waals surface area contributed by atoms with Gasteiger partial charge in [-0.2, -0.15) is 0 Å². The van der Waals surface area contributed by atoms with Gasteiger partial charge in [-0.05, 0) is 31.4 Å². The molecule has 1 unspecified atom stereocenters. The fourth-order valence-electron chi connectivity index (χ4n) is 1.89. The van der Waals surface area contributed by atoms with Crippen LogP contribution in [-0.4, -0.2) is 35.9 Å². The van der Waals surface area contributed by atoms with Crippen LogP contribution in [0.15, 0.2) is 0 Å². The zero-order valence-corrected chi connectivity index (χ0v) is 10.3. The zero-order chi connectivity index (χ0) is 10.6. The normalized spacial score (nSPS) is 19.6. The van der Waals surface area contributed by atoms with E-state index in [9.17, 15) is 4.79 Å². The van der Waals surface area contributed by atoms with Crippen molar-refractivity contribution in [3.63, 3.8) is 0 Å². The molecular formula is C11H21NOS. The third-order valence-electron chi connectivity index (χ3n) is 2.85. The van der Waals surface area contributed by atoms with E-state index >= 15 is 0 Å². The molecule has 0 aromatic heterocycles. The van der Waals surface area contributed by atoms with Gasteiger partial charge >= 0.3 is 0 Å². The second-order valence-corrected chi connectivity index (χ2v) is 5.73. The summed E-state index contributed by atoms with van der Waals surface area (Å²) in [6.45, 7) is 2.02. The number of nitrogens with zero attached hydrogens (tertiary/aromatic N) is 1. The van der Waals surface area contributed by atoms with Gasteiger partial charge in [-0.25, -0.2) is 0 Å². The van der Waals surface area contributed by atoms with E-state index in [1.165, 1.54) is 31.4 Å². The molecule has 0 aliphatic heterocycles. The van der Waals surface area contributed by atoms with Crippen LogP contribution >= 0.6 is 11.8 Å². The lowest BCUT2D eigenvalue weighted by atomic mass is 10.1. The molecule has 1 aliphatic rings. The Balaban J connectivity index is 2.19. The lowest BCUT2D eigenvalue weighted by molar-refractivity contribution is -0.127. The summed E-state index contributed by atoms with van der Waals surface area (Å²) in [5, 5.41) is 0.130. The van der Waals surface area contributed by atoms with Crippen molar-refractivity contribution < 1.29 is 4.79 Å². The van der Waals surface area contributed by atoms with Crippen LogP contribution in [0.2, 0.25) is 0 Å². The highest BCUT2D eigenvalue weighted by Gasteiger charge is 2.19. The Morgan fingerprint density at radius 1 is 1.43 bits per heavy atom. The molecule has 1 amide bonds. The first-order valence-corrected chi connectivity index (χ1v) is 6.49. The highest BCUT2D eigenvalue weighted by atomic mass is 32.2. The van der Waals surface area contributed by atoms with Crippen LogP contribution in [0.1, 0.15) is 32.6 Å². The molecule has 0 aromatic rings. The van der Waals surface area contributed by atoms with E-state index in [2.05, 4.69) is 0 Å². The van der Waals surface area contributed by atoms with Crippen molar-refractivity contribution in [1.82, 2.24) is 4.90 Å². The maximum Gasteiger partial charge on any atom is 0.234 e. The van der Waals surface area contributed by atoms with E-state index in [1.54, 1.807) is 4.90 Å². The maximum atomic E-state index is 11.6. The molecule has 1 saturated carbocycles. The molecule has 82 valence electrons. The number of hydrogen-bond acceptors (Lipinski definition) is 2. The smallest absolute Gasteiger partial charge is 0.234 e. The van der Waals surface area contributed by atoms with E-state index in [1.807, 2.05) is 32.8 Å². The Morgan fingerprint density at radius 3 is 2.50 bits per heavy atom. The molecular weight excluding hydrogens is 194 g/mol. The molecule has 0 heterocycles. The first-order chi connectivity index (χ1) is 6.61. The van der Waals surface area contributed by atoms with E-state index in [0.717, 1.165) is 5.92 Å². The van der Waals surface area contributed by atoms with Crippen LogP contribution in [0.25, 0.3) is 0 Å². The summed E-state index contributed by atoms with van der Waals surface area (Å²) in [5.41, 5.74) is 0. The van der Waals surface area contributed by atoms with Gasteiger partial charge < -0.3 is 4.90 Å². The van der Waals surface area contributed by atoms with Crippen LogP contribution in [0.3, 0.4) is 0 Å². The molecule has 14 heavy (non-hydrogen) atoms. The first kappa shape index (κ1) is 11.9. The number of rotatable bonds is 4. The highest BCUT2D eigenvalue weighted by molar-refractivity contribution is 8.00. The molecule has 0 radical (unpaired) electrons. The fourth-order valence-corrected chi connectivity index (χ4v) is 3.14. The van der Waals surface area contributed by atoms with Gasteiger partial charge in [-0.1, -0.05) is 12.8 Å². The minimum atomic E-state index is 0.130. The van der Waals surface area contributed by atoms with Crippen molar-refractivity contribution in [1.29, 1.82) is 0 Å². The van der Waals surface area contributed by atoms with Crippen LogP contribution < -0.4 is 0 Å². The largest absolute Gasteiger partial charge is 0.348 e. The van der Waals surface area contributed by atoms with Crippen molar-refractivity contribution in [3.05, 3.63) is 0 Å². The molecule has 0 aromatic carbocycles. The minimum Gasteiger partial charge on any atom is -0.348 e. The highest BCUT2D eigenvalue weighted by Crippen LogP contribution is 2.29. The first-order valence-electron chi connectivity index (χ1n) is 5.44. The summed E-state index contributed by atoms with van der Waals surface area (Å²) in [6.07, 6.45) is 5.52. The van der Waals surface area contributed by atoms with E-state index in [0.29, 0.717) is 0 Å². The Kier molecular flexibility index (Phi) is 4.79. The lowest BCUT2D eigenvalue weighted by Gasteiger charge is -2.17. The van der Waals surface area contributed by atoms with Gasteiger partial charge in [0.05, 0.1) is 5.25 Å². The Morgan fingerprint density at radius 2 is 2.00 bits per heavy atom. The molecule has 0 N–H and O–H groups in total. The SMILES string of the molecule is CC(SCC1CCCC1)C(=O)N(C)C. The van der Waals surface area contributed by atoms with Crippen molar-refractivity contribution in [2.24, 2.45) is 5.92 Å². The fraction of sp³-hybridized carbons (Fsp3) is 0.909. The monoisotopic (exact) mass is 215 g/mol. The Hall–Kier alpha value is -0.180. The molecule has 1 aliphatic carbocycles. The summed E-state index contributed by atoms with van der Waals surface area (Å²) in [7, 11) is 3.66. The van der Waals surface area contributed by atoms with Gasteiger partial charge in [0, 0.05) is 14.1 Å². The Labute approximate surface area is 91.4 Å². The van der Waals surface area contributed by atoms with Crippen molar-refractivity contribution in [2.75, 3.05) is 19.8 Å². The maximum absolute atomic E-state index is 11.6. The molecule has 0 saturated heterocycles. The molecule has 0 bridgehead atoms. The third kappa shape index (κ3) is 3.52. The summed E-state index contributed by atoms with van der Waals surface area (Å²) < 4.78 is 0. The zero-order valence-electron chi connectivity index (χ0n) is 9.45. The molecule has 3 heteroatoms. The van der Waals surface area contributed by atoms with Gasteiger partial charge in [0.1, 0.15) is 0 Å². The van der Waals surface area contributed by atoms with Crippen LogP contribution in [0.4, 0.5) is 0 Å². The van der Waals surface area contributed by atoms with Crippen molar-refractivity contribution in [2.45, 2.75) is 37.9 Å². The van der Waals surface area contributed by atoms with Gasteiger partial charge in [0.2, 0.25) is 5.91 Å². The van der Waals surface area contributed by atoms with Gasteiger partial charge in [-0.15, -0.1) is 11.8 Å². The van der Waals surface area contributed by atoms with Crippen LogP contribution in [0.5, 0.6) is 0 Å². The molecule has 1 fully saturated rings. The summed E-state index contributed by atoms with van der Waals surface area (Å²) >= 11 is 1.82. The van der Waals surface area contributed by atoms with Crippen LogP contribution in [-0.2, 0) is 4.79 Å². The third-order valence-corrected chi connectivity index (χ3v) is 4.21. The number of hydrogen-bond donors (Lipinski definition) is 0. The molecule has 0 spiro atoms. The van der Waals surface area contributed by atoms with Gasteiger partial charge in [-0.3, -0.25) is 4.79 Å². The predicted molar refractivity (Wildman–Crippen MR) is 62.6 cm³/mol.